The quantitative estimate of drug-likeness (QED) is 0.832. The summed E-state index contributed by atoms with van der Waals surface area (Å²) in [6.45, 7) is 0. The molecule has 1 aliphatic heterocycles. The molecule has 2 atom stereocenters. The molecule has 4 nitrogen and oxygen atoms in total. The fraction of sp³-hybridized carbons (Fsp3) is 0.667. The van der Waals surface area contributed by atoms with Gasteiger partial charge in [0.1, 0.15) is 0 Å². The molecule has 1 fully saturated rings. The number of nitrogens with zero attached hydrogens (tertiary/aromatic N) is 3. The van der Waals surface area contributed by atoms with Crippen LogP contribution in [0.1, 0.15) is 25.7 Å². The number of hydrogen-bond donors (Lipinski definition) is 1. The smallest absolute Gasteiger partial charge is 0.162 e. The van der Waals surface area contributed by atoms with Crippen LogP contribution >= 0.6 is 11.8 Å². The highest BCUT2D eigenvalue weighted by molar-refractivity contribution is 8.14. The van der Waals surface area contributed by atoms with Crippen LogP contribution in [0.3, 0.4) is 0 Å². The first-order valence-corrected chi connectivity index (χ1v) is 7.27. The zero-order valence-electron chi connectivity index (χ0n) is 10.1. The van der Waals surface area contributed by atoms with E-state index < -0.39 is 0 Å². The van der Waals surface area contributed by atoms with Crippen LogP contribution in [0.25, 0.3) is 0 Å². The van der Waals surface area contributed by atoms with Crippen LogP contribution in [0.15, 0.2) is 17.3 Å². The Bertz CT molecular complexity index is 426. The van der Waals surface area contributed by atoms with Gasteiger partial charge in [-0.3, -0.25) is 9.67 Å². The predicted molar refractivity (Wildman–Crippen MR) is 72.5 cm³/mol. The molecule has 1 aliphatic carbocycles. The van der Waals surface area contributed by atoms with Crippen LogP contribution in [-0.4, -0.2) is 26.7 Å². The third-order valence-corrected chi connectivity index (χ3v) is 4.61. The van der Waals surface area contributed by atoms with Gasteiger partial charge in [-0.25, -0.2) is 0 Å². The predicted octanol–water partition coefficient (Wildman–Crippen LogP) is 2.49. The summed E-state index contributed by atoms with van der Waals surface area (Å²) >= 11 is 1.84. The summed E-state index contributed by atoms with van der Waals surface area (Å²) in [6, 6.07) is 2.53. The number of nitrogens with one attached hydrogen (secondary N) is 1. The van der Waals surface area contributed by atoms with Crippen molar-refractivity contribution in [2.45, 2.75) is 31.7 Å². The second-order valence-corrected chi connectivity index (χ2v) is 5.87. The monoisotopic (exact) mass is 250 g/mol. The molecule has 0 radical (unpaired) electrons. The molecule has 0 saturated heterocycles. The molecule has 0 bridgehead atoms. The summed E-state index contributed by atoms with van der Waals surface area (Å²) < 4.78 is 1.81. The van der Waals surface area contributed by atoms with Crippen LogP contribution in [0.4, 0.5) is 5.82 Å². The van der Waals surface area contributed by atoms with Gasteiger partial charge in [0, 0.05) is 25.1 Å². The van der Waals surface area contributed by atoms with E-state index in [9.17, 15) is 0 Å². The van der Waals surface area contributed by atoms with E-state index in [1.807, 2.05) is 31.1 Å². The molecule has 1 aromatic heterocycles. The average Bonchev–Trinajstić information content (AvgIpc) is 2.75. The van der Waals surface area contributed by atoms with Crippen molar-refractivity contribution in [1.82, 2.24) is 9.78 Å². The molecule has 0 amide bonds. The van der Waals surface area contributed by atoms with E-state index in [2.05, 4.69) is 10.4 Å². The number of hydrogen-bond acceptors (Lipinski definition) is 4. The number of fused-ring (bicyclic) bond motifs is 1. The van der Waals surface area contributed by atoms with Crippen LogP contribution in [0.2, 0.25) is 0 Å². The molecule has 92 valence electrons. The second kappa shape index (κ2) is 4.72. The molecule has 3 rings (SSSR count). The fourth-order valence-corrected chi connectivity index (χ4v) is 3.73. The summed E-state index contributed by atoms with van der Waals surface area (Å²) in [4.78, 5) is 4.83. The molecule has 1 aromatic rings. The lowest BCUT2D eigenvalue weighted by Crippen LogP contribution is -2.31. The lowest BCUT2D eigenvalue weighted by molar-refractivity contribution is 0.336. The molecular formula is C12H18N4S. The van der Waals surface area contributed by atoms with E-state index in [4.69, 9.17) is 4.99 Å². The summed E-state index contributed by atoms with van der Waals surface area (Å²) in [5.41, 5.74) is 0. The Morgan fingerprint density at radius 1 is 1.41 bits per heavy atom. The molecule has 5 heteroatoms. The number of rotatable bonds is 1. The molecule has 2 aliphatic rings. The Morgan fingerprint density at radius 2 is 2.29 bits per heavy atom. The molecule has 2 unspecified atom stereocenters. The molecule has 17 heavy (non-hydrogen) atoms. The number of aliphatic imine (C=N–C) groups is 1. The lowest BCUT2D eigenvalue weighted by Gasteiger charge is -2.32. The first-order chi connectivity index (χ1) is 8.31. The molecule has 1 N–H and O–H groups in total. The SMILES string of the molecule is Cn1ccc(NC2=NC3CCCCC3CS2)n1. The molecule has 1 saturated carbocycles. The lowest BCUT2D eigenvalue weighted by atomic mass is 9.86. The van der Waals surface area contributed by atoms with Gasteiger partial charge >= 0.3 is 0 Å². The van der Waals surface area contributed by atoms with Crippen molar-refractivity contribution < 1.29 is 0 Å². The van der Waals surface area contributed by atoms with Gasteiger partial charge in [-0.2, -0.15) is 5.10 Å². The highest BCUT2D eigenvalue weighted by Gasteiger charge is 2.29. The van der Waals surface area contributed by atoms with Gasteiger partial charge in [0.15, 0.2) is 11.0 Å². The summed E-state index contributed by atoms with van der Waals surface area (Å²) in [7, 11) is 1.93. The number of amidine groups is 1. The summed E-state index contributed by atoms with van der Waals surface area (Å²) in [5.74, 6) is 2.92. The van der Waals surface area contributed by atoms with Crippen molar-refractivity contribution in [2.75, 3.05) is 11.1 Å². The van der Waals surface area contributed by atoms with Gasteiger partial charge in [0.2, 0.25) is 0 Å². The Kier molecular flexibility index (Phi) is 3.09. The van der Waals surface area contributed by atoms with Crippen LogP contribution in [0.5, 0.6) is 0 Å². The van der Waals surface area contributed by atoms with Gasteiger partial charge in [-0.1, -0.05) is 24.6 Å². The van der Waals surface area contributed by atoms with Crippen molar-refractivity contribution in [3.05, 3.63) is 12.3 Å². The minimum atomic E-state index is 0.552. The topological polar surface area (TPSA) is 42.2 Å². The van der Waals surface area contributed by atoms with Crippen LogP contribution in [-0.2, 0) is 7.05 Å². The van der Waals surface area contributed by atoms with E-state index in [1.165, 1.54) is 31.4 Å². The Morgan fingerprint density at radius 3 is 3.12 bits per heavy atom. The minimum absolute atomic E-state index is 0.552. The first-order valence-electron chi connectivity index (χ1n) is 6.28. The maximum atomic E-state index is 4.83. The van der Waals surface area contributed by atoms with E-state index >= 15 is 0 Å². The van der Waals surface area contributed by atoms with Gasteiger partial charge < -0.3 is 5.32 Å². The van der Waals surface area contributed by atoms with E-state index in [1.54, 1.807) is 4.68 Å². The van der Waals surface area contributed by atoms with Crippen molar-refractivity contribution >= 4 is 22.7 Å². The highest BCUT2D eigenvalue weighted by atomic mass is 32.2. The zero-order valence-corrected chi connectivity index (χ0v) is 10.9. The third kappa shape index (κ3) is 2.49. The van der Waals surface area contributed by atoms with Crippen molar-refractivity contribution in [1.29, 1.82) is 0 Å². The number of thioether (sulfide) groups is 1. The molecule has 2 heterocycles. The van der Waals surface area contributed by atoms with E-state index in [-0.39, 0.29) is 0 Å². The second-order valence-electron chi connectivity index (χ2n) is 4.86. The molecule has 0 spiro atoms. The van der Waals surface area contributed by atoms with Gasteiger partial charge in [-0.05, 0) is 18.8 Å². The van der Waals surface area contributed by atoms with Gasteiger partial charge in [-0.15, -0.1) is 0 Å². The fourth-order valence-electron chi connectivity index (χ4n) is 2.59. The maximum Gasteiger partial charge on any atom is 0.162 e. The zero-order chi connectivity index (χ0) is 11.7. The molecular weight excluding hydrogens is 232 g/mol. The average molecular weight is 250 g/mol. The van der Waals surface area contributed by atoms with Gasteiger partial charge in [0.05, 0.1) is 6.04 Å². The highest BCUT2D eigenvalue weighted by Crippen LogP contribution is 2.34. The Hall–Kier alpha value is -0.970. The Labute approximate surface area is 106 Å². The normalized spacial score (nSPS) is 28.4. The van der Waals surface area contributed by atoms with E-state index in [0.29, 0.717) is 6.04 Å². The van der Waals surface area contributed by atoms with E-state index in [0.717, 1.165) is 16.9 Å². The standard InChI is InChI=1S/C12H18N4S/c1-16-7-6-11(15-16)14-12-13-10-5-3-2-4-9(10)8-17-12/h6-7,9-10H,2-5,8H2,1H3,(H,13,14,15). The van der Waals surface area contributed by atoms with Crippen molar-refractivity contribution in [3.8, 4) is 0 Å². The maximum absolute atomic E-state index is 4.83. The molecule has 0 aromatic carbocycles. The number of aromatic nitrogens is 2. The largest absolute Gasteiger partial charge is 0.318 e. The Balaban J connectivity index is 1.69. The minimum Gasteiger partial charge on any atom is -0.318 e. The number of aryl methyl sites for hydroxylation is 1. The van der Waals surface area contributed by atoms with Crippen molar-refractivity contribution in [3.63, 3.8) is 0 Å². The third-order valence-electron chi connectivity index (χ3n) is 3.53. The summed E-state index contributed by atoms with van der Waals surface area (Å²) in [5, 5.41) is 8.68. The number of anilines is 1. The van der Waals surface area contributed by atoms with Crippen molar-refractivity contribution in [2.24, 2.45) is 18.0 Å². The summed E-state index contributed by atoms with van der Waals surface area (Å²) in [6.07, 6.45) is 7.29. The van der Waals surface area contributed by atoms with Crippen LogP contribution < -0.4 is 5.32 Å². The van der Waals surface area contributed by atoms with Gasteiger partial charge in [0.25, 0.3) is 0 Å². The van der Waals surface area contributed by atoms with Crippen LogP contribution in [0, 0.1) is 5.92 Å². The first kappa shape index (κ1) is 11.1.